The van der Waals surface area contributed by atoms with Crippen LogP contribution in [-0.2, 0) is 124 Å². The summed E-state index contributed by atoms with van der Waals surface area (Å²) in [5, 5.41) is 0. The van der Waals surface area contributed by atoms with Gasteiger partial charge in [0.05, 0.1) is 49.1 Å². The molecule has 26 heteroatoms. The minimum absolute atomic E-state index is 0.0128. The van der Waals surface area contributed by atoms with Crippen LogP contribution in [0.2, 0.25) is 0 Å². The van der Waals surface area contributed by atoms with Crippen LogP contribution in [0.5, 0.6) is 0 Å². The van der Waals surface area contributed by atoms with Gasteiger partial charge in [0.15, 0.2) is 38.6 Å². The molecule has 0 aromatic rings. The van der Waals surface area contributed by atoms with Gasteiger partial charge < -0.3 is 66.3 Å². The highest BCUT2D eigenvalue weighted by atomic mass is 16.7. The highest BCUT2D eigenvalue weighted by Crippen LogP contribution is 2.57. The second-order valence-corrected chi connectivity index (χ2v) is 22.6. The maximum Gasteiger partial charge on any atom is 0.344 e. The van der Waals surface area contributed by atoms with Crippen molar-refractivity contribution in [2.45, 2.75) is 127 Å². The van der Waals surface area contributed by atoms with Crippen LogP contribution < -0.4 is 0 Å². The van der Waals surface area contributed by atoms with E-state index in [0.29, 0.717) is 37.9 Å². The maximum atomic E-state index is 11.7. The number of fused-ring (bicyclic) bond motifs is 12. The molecular weight excluding hydrogens is 1090 g/mol. The van der Waals surface area contributed by atoms with Crippen LogP contribution in [-0.4, -0.2) is 172 Å². The zero-order chi connectivity index (χ0) is 59.2. The lowest BCUT2D eigenvalue weighted by Crippen LogP contribution is -2.40. The number of hydrogen-bond acceptors (Lipinski definition) is 26. The summed E-state index contributed by atoms with van der Waals surface area (Å²) in [5.41, 5.74) is 0.876. The van der Waals surface area contributed by atoms with E-state index in [1.54, 1.807) is 0 Å². The van der Waals surface area contributed by atoms with E-state index >= 15 is 0 Å². The number of carbonyl (C=O) groups excluding carboxylic acids is 12. The van der Waals surface area contributed by atoms with Gasteiger partial charge in [0.1, 0.15) is 36.6 Å². The lowest BCUT2D eigenvalue weighted by molar-refractivity contribution is -0.168. The first kappa shape index (κ1) is 59.2. The molecule has 8 bridgehead atoms. The van der Waals surface area contributed by atoms with Crippen molar-refractivity contribution in [2.75, 3.05) is 39.6 Å². The molecule has 0 aromatic carbocycles. The Bertz CT molecular complexity index is 2560. The Morgan fingerprint density at radius 3 is 1.44 bits per heavy atom. The minimum atomic E-state index is -0.694. The molecule has 444 valence electrons. The molecule has 82 heavy (non-hydrogen) atoms. The summed E-state index contributed by atoms with van der Waals surface area (Å²) in [5.74, 6) is -5.55. The number of carbonyl (C=O) groups is 12. The summed E-state index contributed by atoms with van der Waals surface area (Å²) >= 11 is 0. The van der Waals surface area contributed by atoms with E-state index in [1.807, 2.05) is 0 Å². The Hall–Kier alpha value is -7.48. The van der Waals surface area contributed by atoms with Gasteiger partial charge in [0.25, 0.3) is 0 Å². The van der Waals surface area contributed by atoms with Gasteiger partial charge in [-0.3, -0.25) is 19.2 Å². The van der Waals surface area contributed by atoms with Gasteiger partial charge >= 0.3 is 71.6 Å². The molecule has 0 radical (unpaired) electrons. The van der Waals surface area contributed by atoms with Crippen molar-refractivity contribution in [3.05, 3.63) is 48.6 Å². The number of rotatable bonds is 16. The molecule has 8 saturated heterocycles. The van der Waals surface area contributed by atoms with Crippen molar-refractivity contribution < 1.29 is 124 Å². The predicted octanol–water partition coefficient (Wildman–Crippen LogP) is 1.15. The van der Waals surface area contributed by atoms with Crippen LogP contribution in [0, 0.1) is 59.2 Å². The topological polar surface area (TPSA) is 334 Å². The van der Waals surface area contributed by atoms with E-state index in [2.05, 4.69) is 26.3 Å². The molecule has 4 aliphatic carbocycles. The SMILES string of the molecule is C=C(C)C(=O)OCC(=O)OC1C2CC3C(=O)OC1C3C2.C=C(C)C(=O)OCC(=O)OC1C2CC3C(=O)OC1C3O2.C=C(C)C(=O)OCC(=O)OC1CC2CC1C1C(=O)OCC21.C=C(C)C(=O)OCC(=O)OC1CC2OC1C1C(=O)OCC21. The lowest BCUT2D eigenvalue weighted by Gasteiger charge is -2.28. The van der Waals surface area contributed by atoms with Crippen molar-refractivity contribution >= 4 is 71.6 Å². The fourth-order valence-corrected chi connectivity index (χ4v) is 13.3. The third-order valence-electron chi connectivity index (χ3n) is 16.9. The molecule has 0 N–H and O–H groups in total. The number of hydrogen-bond donors (Lipinski definition) is 0. The Morgan fingerprint density at radius 2 is 0.878 bits per heavy atom. The molecule has 8 heterocycles. The number of ether oxygens (including phenoxy) is 14. The third-order valence-corrected chi connectivity index (χ3v) is 16.9. The van der Waals surface area contributed by atoms with Gasteiger partial charge in [-0.1, -0.05) is 26.3 Å². The first-order valence-corrected chi connectivity index (χ1v) is 27.0. The van der Waals surface area contributed by atoms with E-state index in [9.17, 15) is 57.5 Å². The third kappa shape index (κ3) is 12.2. The monoisotopic (exact) mass is 1150 g/mol. The largest absolute Gasteiger partial charge is 0.465 e. The van der Waals surface area contributed by atoms with Crippen LogP contribution in [0.25, 0.3) is 0 Å². The number of cyclic esters (lactones) is 2. The highest BCUT2D eigenvalue weighted by Gasteiger charge is 2.66. The maximum absolute atomic E-state index is 11.7. The average molecular weight is 1150 g/mol. The van der Waals surface area contributed by atoms with Crippen molar-refractivity contribution in [1.29, 1.82) is 0 Å². The smallest absolute Gasteiger partial charge is 0.344 e. The molecule has 0 amide bonds. The van der Waals surface area contributed by atoms with Crippen LogP contribution in [0.1, 0.15) is 66.2 Å². The van der Waals surface area contributed by atoms with Gasteiger partial charge in [0.2, 0.25) is 0 Å². The van der Waals surface area contributed by atoms with E-state index in [-0.39, 0.29) is 124 Å². The van der Waals surface area contributed by atoms with Gasteiger partial charge in [0, 0.05) is 58.3 Å². The van der Waals surface area contributed by atoms with Crippen molar-refractivity contribution in [1.82, 2.24) is 0 Å². The Morgan fingerprint density at radius 1 is 0.415 bits per heavy atom. The lowest BCUT2D eigenvalue weighted by atomic mass is 9.80. The average Bonchev–Trinajstić information content (AvgIpc) is 3.77. The molecule has 12 aliphatic rings. The predicted molar refractivity (Wildman–Crippen MR) is 264 cm³/mol. The van der Waals surface area contributed by atoms with E-state index in [0.717, 1.165) is 25.7 Å². The van der Waals surface area contributed by atoms with Gasteiger partial charge in [-0.25, -0.2) is 38.4 Å². The highest BCUT2D eigenvalue weighted by molar-refractivity contribution is 5.90. The quantitative estimate of drug-likeness (QED) is 0.119. The molecule has 8 aliphatic heterocycles. The number of esters is 12. The normalized spacial score (nSPS) is 36.3. The second-order valence-electron chi connectivity index (χ2n) is 22.6. The summed E-state index contributed by atoms with van der Waals surface area (Å²) < 4.78 is 71.9. The summed E-state index contributed by atoms with van der Waals surface area (Å²) in [7, 11) is 0. The van der Waals surface area contributed by atoms with Crippen molar-refractivity contribution in [3.8, 4) is 0 Å². The Labute approximate surface area is 469 Å². The fraction of sp³-hybridized carbons (Fsp3) is 0.643. The Kier molecular flexibility index (Phi) is 17.4. The van der Waals surface area contributed by atoms with E-state index < -0.39 is 105 Å². The molecule has 0 spiro atoms. The fourth-order valence-electron chi connectivity index (χ4n) is 13.3. The molecule has 12 rings (SSSR count). The van der Waals surface area contributed by atoms with Crippen LogP contribution in [0.3, 0.4) is 0 Å². The second kappa shape index (κ2) is 24.2. The molecule has 4 saturated carbocycles. The van der Waals surface area contributed by atoms with Crippen LogP contribution >= 0.6 is 0 Å². The van der Waals surface area contributed by atoms with Crippen LogP contribution in [0.4, 0.5) is 0 Å². The van der Waals surface area contributed by atoms with Crippen LogP contribution in [0.15, 0.2) is 48.6 Å². The standard InChI is InChI=1S/C15H18O6.C14H16O7.C14H16O6.C13H14O7/c1-7(2)14(17)20-6-12(16)21-11-4-8-3-9(11)13-10(8)5-19-15(13)18;1-6(2)13(16)19-5-10(15)20-9-3-8-7-4-18-14(17)11(7)12(9)21-8;1-6(2)13(16)18-5-10(15)19-11-7-3-8-9(4-7)14(17)20-12(8)11;1-5(2)12(15)17-4-8(14)19-10-7-3-6-9(18-7)11(10)20-13(6)16/h8-11,13H,1,3-6H2,2H3;7-9,11-12H,1,3-5H2,2H3;7-9,11-12H,1,3-5H2,2H3;6-7,9-11H,1,3-4H2,2H3. The van der Waals surface area contributed by atoms with E-state index in [4.69, 9.17) is 66.3 Å². The summed E-state index contributed by atoms with van der Waals surface area (Å²) in [6.07, 6.45) is 0.521. The molecular formula is C56H64O26. The van der Waals surface area contributed by atoms with Gasteiger partial charge in [-0.05, 0) is 65.7 Å². The zero-order valence-corrected chi connectivity index (χ0v) is 45.5. The molecule has 26 nitrogen and oxygen atoms in total. The minimum Gasteiger partial charge on any atom is -0.465 e. The van der Waals surface area contributed by atoms with E-state index in [1.165, 1.54) is 27.7 Å². The molecule has 0 aromatic heterocycles. The first-order chi connectivity index (χ1) is 38.9. The Balaban J connectivity index is 0.000000132. The zero-order valence-electron chi connectivity index (χ0n) is 45.5. The summed E-state index contributed by atoms with van der Waals surface area (Å²) in [6, 6.07) is 0. The molecule has 12 fully saturated rings. The molecule has 20 atom stereocenters. The summed E-state index contributed by atoms with van der Waals surface area (Å²) in [6.45, 7) is 18.7. The molecule has 20 unspecified atom stereocenters. The summed E-state index contributed by atoms with van der Waals surface area (Å²) in [4.78, 5) is 138. The van der Waals surface area contributed by atoms with Gasteiger partial charge in [-0.2, -0.15) is 0 Å². The van der Waals surface area contributed by atoms with Crippen molar-refractivity contribution in [2.24, 2.45) is 59.2 Å². The van der Waals surface area contributed by atoms with Gasteiger partial charge in [-0.15, -0.1) is 0 Å². The first-order valence-electron chi connectivity index (χ1n) is 27.0. The van der Waals surface area contributed by atoms with Crippen molar-refractivity contribution in [3.63, 3.8) is 0 Å².